The molecule has 1 rings (SSSR count). The van der Waals surface area contributed by atoms with E-state index in [0.29, 0.717) is 5.96 Å². The molecule has 0 saturated heterocycles. The summed E-state index contributed by atoms with van der Waals surface area (Å²) >= 11 is 0. The molecule has 1 aromatic carbocycles. The molecule has 0 aliphatic carbocycles. The van der Waals surface area contributed by atoms with Crippen LogP contribution in [0, 0.1) is 0 Å². The van der Waals surface area contributed by atoms with Crippen molar-refractivity contribution in [2.45, 2.75) is 0 Å². The first-order valence-corrected chi connectivity index (χ1v) is 5.29. The average Bonchev–Trinajstić information content (AvgIpc) is 2.29. The third-order valence-electron chi connectivity index (χ3n) is 2.01. The SMILES string of the molecule is CN(C)C([NH-])=NC(=Nc1ccccc1)N(C)C. The van der Waals surface area contributed by atoms with Gasteiger partial charge in [0, 0.05) is 20.1 Å². The maximum Gasteiger partial charge on any atom is 0.153 e. The molecule has 17 heavy (non-hydrogen) atoms. The monoisotopic (exact) mass is 232 g/mol. The van der Waals surface area contributed by atoms with Gasteiger partial charge in [-0.15, -0.1) is 0 Å². The summed E-state index contributed by atoms with van der Waals surface area (Å²) in [6.45, 7) is 0. The van der Waals surface area contributed by atoms with Gasteiger partial charge >= 0.3 is 0 Å². The van der Waals surface area contributed by atoms with Crippen LogP contribution in [0.1, 0.15) is 0 Å². The van der Waals surface area contributed by atoms with E-state index in [1.54, 1.807) is 23.9 Å². The van der Waals surface area contributed by atoms with Crippen LogP contribution in [0.15, 0.2) is 40.3 Å². The van der Waals surface area contributed by atoms with E-state index in [9.17, 15) is 0 Å². The first-order chi connectivity index (χ1) is 8.00. The smallest absolute Gasteiger partial charge is 0.153 e. The van der Waals surface area contributed by atoms with Crippen molar-refractivity contribution in [1.82, 2.24) is 9.80 Å². The van der Waals surface area contributed by atoms with Crippen LogP contribution in [-0.2, 0) is 0 Å². The van der Waals surface area contributed by atoms with Crippen molar-refractivity contribution in [1.29, 1.82) is 0 Å². The number of benzene rings is 1. The third-order valence-corrected chi connectivity index (χ3v) is 2.01. The fourth-order valence-electron chi connectivity index (χ4n) is 1.04. The Labute approximate surface area is 102 Å². The van der Waals surface area contributed by atoms with Crippen molar-refractivity contribution in [2.24, 2.45) is 9.98 Å². The van der Waals surface area contributed by atoms with Gasteiger partial charge in [-0.1, -0.05) is 18.2 Å². The van der Waals surface area contributed by atoms with Crippen LogP contribution in [0.4, 0.5) is 5.69 Å². The minimum Gasteiger partial charge on any atom is -0.432 e. The van der Waals surface area contributed by atoms with Gasteiger partial charge in [-0.25, -0.2) is 4.99 Å². The van der Waals surface area contributed by atoms with Crippen molar-refractivity contribution in [2.75, 3.05) is 28.2 Å². The molecule has 0 aliphatic rings. The highest BCUT2D eigenvalue weighted by Crippen LogP contribution is 2.11. The number of para-hydroxylation sites is 1. The van der Waals surface area contributed by atoms with Crippen molar-refractivity contribution in [3.63, 3.8) is 0 Å². The first-order valence-electron chi connectivity index (χ1n) is 5.29. The second-order valence-electron chi connectivity index (χ2n) is 3.97. The summed E-state index contributed by atoms with van der Waals surface area (Å²) < 4.78 is 0. The lowest BCUT2D eigenvalue weighted by Gasteiger charge is -2.23. The summed E-state index contributed by atoms with van der Waals surface area (Å²) in [5.74, 6) is 0.684. The number of hydrogen-bond donors (Lipinski definition) is 0. The number of hydrogen-bond acceptors (Lipinski definition) is 1. The Morgan fingerprint density at radius 2 is 1.59 bits per heavy atom. The molecule has 0 atom stereocenters. The Hall–Kier alpha value is -2.04. The lowest BCUT2D eigenvalue weighted by Crippen LogP contribution is -2.25. The highest BCUT2D eigenvalue weighted by molar-refractivity contribution is 5.99. The fraction of sp³-hybridized carbons (Fsp3) is 0.333. The molecule has 1 N–H and O–H groups in total. The number of nitrogens with one attached hydrogen (secondary N) is 1. The molecule has 0 saturated carbocycles. The molecular weight excluding hydrogens is 214 g/mol. The van der Waals surface area contributed by atoms with Crippen molar-refractivity contribution >= 4 is 17.6 Å². The van der Waals surface area contributed by atoms with Gasteiger partial charge in [0.05, 0.1) is 5.69 Å². The fourth-order valence-corrected chi connectivity index (χ4v) is 1.04. The van der Waals surface area contributed by atoms with E-state index in [-0.39, 0.29) is 5.96 Å². The van der Waals surface area contributed by atoms with E-state index in [1.165, 1.54) is 0 Å². The maximum atomic E-state index is 7.68. The molecule has 0 aliphatic heterocycles. The first kappa shape index (κ1) is 13.0. The number of aliphatic imine (C=N–C) groups is 2. The van der Waals surface area contributed by atoms with Crippen molar-refractivity contribution in [3.8, 4) is 0 Å². The van der Waals surface area contributed by atoms with Gasteiger partial charge in [0.2, 0.25) is 0 Å². The largest absolute Gasteiger partial charge is 0.432 e. The van der Waals surface area contributed by atoms with E-state index in [2.05, 4.69) is 9.98 Å². The molecule has 0 fully saturated rings. The van der Waals surface area contributed by atoms with Gasteiger partial charge in [0.25, 0.3) is 0 Å². The molecule has 0 heterocycles. The standard InChI is InChI=1S/C12H18N5/c1-16(2)11(13)15-12(17(3)4)14-10-8-6-5-7-9-10/h5-9H,1-4H3,(H-,13,14,15)/q-1. The number of guanidine groups is 2. The van der Waals surface area contributed by atoms with E-state index in [1.807, 2.05) is 44.4 Å². The minimum atomic E-state index is 0.174. The second kappa shape index (κ2) is 5.89. The van der Waals surface area contributed by atoms with Gasteiger partial charge in [0.15, 0.2) is 5.96 Å². The van der Waals surface area contributed by atoms with Crippen LogP contribution in [0.25, 0.3) is 5.73 Å². The Kier molecular flexibility index (Phi) is 4.51. The quantitative estimate of drug-likeness (QED) is 0.550. The van der Waals surface area contributed by atoms with Crippen LogP contribution < -0.4 is 0 Å². The molecule has 0 unspecified atom stereocenters. The zero-order valence-corrected chi connectivity index (χ0v) is 10.7. The molecular formula is C12H18N5-. The molecule has 5 nitrogen and oxygen atoms in total. The Morgan fingerprint density at radius 3 is 2.06 bits per heavy atom. The van der Waals surface area contributed by atoms with E-state index in [0.717, 1.165) is 5.69 Å². The average molecular weight is 232 g/mol. The van der Waals surface area contributed by atoms with Crippen LogP contribution in [0.2, 0.25) is 0 Å². The zero-order valence-electron chi connectivity index (χ0n) is 10.7. The van der Waals surface area contributed by atoms with Crippen molar-refractivity contribution in [3.05, 3.63) is 36.1 Å². The lowest BCUT2D eigenvalue weighted by atomic mass is 10.3. The third kappa shape index (κ3) is 4.14. The molecule has 0 aromatic heterocycles. The summed E-state index contributed by atoms with van der Waals surface area (Å²) in [5, 5.41) is 0. The highest BCUT2D eigenvalue weighted by atomic mass is 15.3. The summed E-state index contributed by atoms with van der Waals surface area (Å²) in [4.78, 5) is 12.0. The van der Waals surface area contributed by atoms with Crippen LogP contribution >= 0.6 is 0 Å². The normalized spacial score (nSPS) is 12.5. The topological polar surface area (TPSA) is 55.0 Å². The van der Waals surface area contributed by atoms with Gasteiger partial charge in [-0.3, -0.25) is 0 Å². The predicted octanol–water partition coefficient (Wildman–Crippen LogP) is 2.21. The number of nitrogens with zero attached hydrogens (tertiary/aromatic N) is 4. The Bertz CT molecular complexity index is 406. The minimum absolute atomic E-state index is 0.174. The van der Waals surface area contributed by atoms with Crippen LogP contribution in [0.3, 0.4) is 0 Å². The summed E-state index contributed by atoms with van der Waals surface area (Å²) in [6.07, 6.45) is 0. The van der Waals surface area contributed by atoms with Crippen LogP contribution in [-0.4, -0.2) is 49.9 Å². The number of rotatable bonds is 1. The second-order valence-corrected chi connectivity index (χ2v) is 3.97. The molecule has 5 heteroatoms. The Morgan fingerprint density at radius 1 is 1.00 bits per heavy atom. The molecule has 0 amide bonds. The predicted molar refractivity (Wildman–Crippen MR) is 72.7 cm³/mol. The summed E-state index contributed by atoms with van der Waals surface area (Å²) in [5.41, 5.74) is 8.51. The molecule has 92 valence electrons. The maximum absolute atomic E-state index is 7.68. The summed E-state index contributed by atoms with van der Waals surface area (Å²) in [7, 11) is 7.27. The van der Waals surface area contributed by atoms with Crippen LogP contribution in [0.5, 0.6) is 0 Å². The van der Waals surface area contributed by atoms with Gasteiger partial charge in [0.1, 0.15) is 0 Å². The molecule has 1 aromatic rings. The van der Waals surface area contributed by atoms with Crippen molar-refractivity contribution < 1.29 is 0 Å². The molecule has 0 bridgehead atoms. The van der Waals surface area contributed by atoms with Gasteiger partial charge in [-0.2, -0.15) is 0 Å². The van der Waals surface area contributed by atoms with Gasteiger partial charge < -0.3 is 20.5 Å². The highest BCUT2D eigenvalue weighted by Gasteiger charge is 1.97. The molecule has 0 radical (unpaired) electrons. The Balaban J connectivity index is 3.03. The van der Waals surface area contributed by atoms with E-state index >= 15 is 0 Å². The van der Waals surface area contributed by atoms with E-state index < -0.39 is 0 Å². The summed E-state index contributed by atoms with van der Waals surface area (Å²) in [6, 6.07) is 9.58. The van der Waals surface area contributed by atoms with E-state index in [4.69, 9.17) is 5.73 Å². The lowest BCUT2D eigenvalue weighted by molar-refractivity contribution is 0.602. The molecule has 0 spiro atoms. The van der Waals surface area contributed by atoms with Gasteiger partial charge in [-0.05, 0) is 26.2 Å². The zero-order chi connectivity index (χ0) is 12.8.